The topological polar surface area (TPSA) is 139 Å². The molecule has 3 aliphatic rings. The summed E-state index contributed by atoms with van der Waals surface area (Å²) >= 11 is 0. The van der Waals surface area contributed by atoms with Gasteiger partial charge in [0.2, 0.25) is 5.91 Å². The van der Waals surface area contributed by atoms with Crippen molar-refractivity contribution in [2.75, 3.05) is 26.4 Å². The predicted molar refractivity (Wildman–Crippen MR) is 131 cm³/mol. The molecule has 0 aromatic heterocycles. The fourth-order valence-electron chi connectivity index (χ4n) is 5.24. The van der Waals surface area contributed by atoms with Gasteiger partial charge in [0.05, 0.1) is 25.9 Å². The van der Waals surface area contributed by atoms with Crippen LogP contribution in [0, 0.1) is 0 Å². The van der Waals surface area contributed by atoms with E-state index < -0.39 is 48.4 Å². The van der Waals surface area contributed by atoms with E-state index in [1.807, 2.05) is 30.3 Å². The Kier molecular flexibility index (Phi) is 9.49. The molecule has 0 spiro atoms. The van der Waals surface area contributed by atoms with Crippen LogP contribution < -0.4 is 11.2 Å². The Morgan fingerprint density at radius 1 is 1.14 bits per heavy atom. The number of fused-ring (bicyclic) bond motifs is 1. The molecule has 37 heavy (non-hydrogen) atoms. The van der Waals surface area contributed by atoms with E-state index in [4.69, 9.17) is 29.7 Å². The molecule has 3 N–H and O–H groups in total. The number of hydrogen-bond acceptors (Lipinski definition) is 10. The van der Waals surface area contributed by atoms with Gasteiger partial charge in [0.1, 0.15) is 30.4 Å². The molecule has 11 heteroatoms. The first kappa shape index (κ1) is 27.5. The SMILES string of the molecule is CCOC(=O)[C@H](CCc1ccccc1)N[C@@H](C)C(=O)N1CCC[C@H]1C(=O)O[C@H]1CO[C@H]2[C@@H]1OC[C@H]2ON. The first-order chi connectivity index (χ1) is 17.9. The van der Waals surface area contributed by atoms with Crippen molar-refractivity contribution in [1.29, 1.82) is 0 Å². The molecular formula is C26H37N3O8. The van der Waals surface area contributed by atoms with Crippen molar-refractivity contribution in [3.63, 3.8) is 0 Å². The van der Waals surface area contributed by atoms with Gasteiger partial charge in [-0.25, -0.2) is 10.7 Å². The van der Waals surface area contributed by atoms with Crippen LogP contribution in [0.5, 0.6) is 0 Å². The van der Waals surface area contributed by atoms with Gasteiger partial charge in [0, 0.05) is 6.54 Å². The fraction of sp³-hybridized carbons (Fsp3) is 0.654. The number of nitrogens with two attached hydrogens (primary N) is 1. The Labute approximate surface area is 216 Å². The number of benzene rings is 1. The number of ether oxygens (including phenoxy) is 4. The smallest absolute Gasteiger partial charge is 0.329 e. The monoisotopic (exact) mass is 519 g/mol. The largest absolute Gasteiger partial charge is 0.465 e. The van der Waals surface area contributed by atoms with Crippen LogP contribution in [0.25, 0.3) is 0 Å². The Bertz CT molecular complexity index is 932. The molecule has 3 aliphatic heterocycles. The van der Waals surface area contributed by atoms with Crippen molar-refractivity contribution in [3.8, 4) is 0 Å². The Morgan fingerprint density at radius 2 is 1.84 bits per heavy atom. The van der Waals surface area contributed by atoms with Gasteiger partial charge in [-0.05, 0) is 45.1 Å². The Balaban J connectivity index is 1.34. The molecule has 7 atom stereocenters. The molecular weight excluding hydrogens is 482 g/mol. The van der Waals surface area contributed by atoms with Crippen molar-refractivity contribution < 1.29 is 38.2 Å². The highest BCUT2D eigenvalue weighted by Gasteiger charge is 2.51. The van der Waals surface area contributed by atoms with Crippen LogP contribution >= 0.6 is 0 Å². The first-order valence-electron chi connectivity index (χ1n) is 13.0. The van der Waals surface area contributed by atoms with Gasteiger partial charge >= 0.3 is 11.9 Å². The molecule has 3 saturated heterocycles. The molecule has 0 saturated carbocycles. The quantitative estimate of drug-likeness (QED) is 0.314. The van der Waals surface area contributed by atoms with E-state index in [0.717, 1.165) is 5.56 Å². The minimum atomic E-state index is -0.705. The number of esters is 2. The number of amides is 1. The highest BCUT2D eigenvalue weighted by molar-refractivity contribution is 5.88. The summed E-state index contributed by atoms with van der Waals surface area (Å²) in [6.45, 7) is 4.58. The molecule has 1 aromatic rings. The standard InChI is InChI=1S/C26H37N3O8/c1-3-33-25(31)18(12-11-17-8-5-4-6-9-17)28-16(2)24(30)29-13-7-10-19(29)26(32)36-20-14-34-23-21(37-27)15-35-22(20)23/h4-6,8-9,16,18-23,28H,3,7,10-15,27H2,1-2H3/t16-,18-,19-,20-,21+,22+,23+/m0/s1. The predicted octanol–water partition coefficient (Wildman–Crippen LogP) is 0.488. The van der Waals surface area contributed by atoms with Crippen molar-refractivity contribution in [1.82, 2.24) is 10.2 Å². The van der Waals surface area contributed by atoms with E-state index >= 15 is 0 Å². The molecule has 0 radical (unpaired) electrons. The van der Waals surface area contributed by atoms with E-state index in [1.54, 1.807) is 13.8 Å². The van der Waals surface area contributed by atoms with Gasteiger partial charge in [-0.1, -0.05) is 30.3 Å². The van der Waals surface area contributed by atoms with Crippen LogP contribution in [0.3, 0.4) is 0 Å². The number of hydrogen-bond donors (Lipinski definition) is 2. The summed E-state index contributed by atoms with van der Waals surface area (Å²) in [7, 11) is 0. The number of carbonyl (C=O) groups is 3. The van der Waals surface area contributed by atoms with Crippen molar-refractivity contribution in [3.05, 3.63) is 35.9 Å². The number of nitrogens with one attached hydrogen (secondary N) is 1. The molecule has 11 nitrogen and oxygen atoms in total. The number of carbonyl (C=O) groups excluding carboxylic acids is 3. The molecule has 1 aromatic carbocycles. The Hall–Kier alpha value is -2.57. The maximum Gasteiger partial charge on any atom is 0.329 e. The van der Waals surface area contributed by atoms with Crippen molar-refractivity contribution >= 4 is 17.8 Å². The van der Waals surface area contributed by atoms with Crippen LogP contribution in [0.2, 0.25) is 0 Å². The van der Waals surface area contributed by atoms with Gasteiger partial charge in [-0.3, -0.25) is 19.7 Å². The molecule has 204 valence electrons. The van der Waals surface area contributed by atoms with Crippen LogP contribution in [-0.2, 0) is 44.6 Å². The van der Waals surface area contributed by atoms with E-state index in [2.05, 4.69) is 5.32 Å². The summed E-state index contributed by atoms with van der Waals surface area (Å²) in [6.07, 6.45) is 0.493. The molecule has 0 bridgehead atoms. The summed E-state index contributed by atoms with van der Waals surface area (Å²) in [6, 6.07) is 7.76. The molecule has 4 rings (SSSR count). The lowest BCUT2D eigenvalue weighted by atomic mass is 10.0. The maximum atomic E-state index is 13.4. The molecule has 3 heterocycles. The van der Waals surface area contributed by atoms with Crippen molar-refractivity contribution in [2.24, 2.45) is 5.90 Å². The first-order valence-corrected chi connectivity index (χ1v) is 13.0. The van der Waals surface area contributed by atoms with Gasteiger partial charge in [-0.15, -0.1) is 0 Å². The molecule has 0 unspecified atom stereocenters. The minimum absolute atomic E-state index is 0.183. The highest BCUT2D eigenvalue weighted by atomic mass is 16.7. The second-order valence-electron chi connectivity index (χ2n) is 9.65. The summed E-state index contributed by atoms with van der Waals surface area (Å²) in [5.41, 5.74) is 1.09. The average molecular weight is 520 g/mol. The summed E-state index contributed by atoms with van der Waals surface area (Å²) in [5, 5.41) is 3.14. The zero-order chi connectivity index (χ0) is 26.4. The van der Waals surface area contributed by atoms with Gasteiger partial charge in [0.15, 0.2) is 6.10 Å². The Morgan fingerprint density at radius 3 is 2.54 bits per heavy atom. The normalized spacial score (nSPS) is 28.5. The highest BCUT2D eigenvalue weighted by Crippen LogP contribution is 2.31. The van der Waals surface area contributed by atoms with E-state index in [1.165, 1.54) is 4.90 Å². The van der Waals surface area contributed by atoms with E-state index in [0.29, 0.717) is 32.2 Å². The average Bonchev–Trinajstić information content (AvgIpc) is 3.64. The fourth-order valence-corrected chi connectivity index (χ4v) is 5.24. The number of nitrogens with zero attached hydrogens (tertiary/aromatic N) is 1. The third kappa shape index (κ3) is 6.47. The summed E-state index contributed by atoms with van der Waals surface area (Å²) in [4.78, 5) is 45.5. The zero-order valence-electron chi connectivity index (χ0n) is 21.4. The number of likely N-dealkylation sites (tertiary alicyclic amines) is 1. The maximum absolute atomic E-state index is 13.4. The molecule has 3 fully saturated rings. The van der Waals surface area contributed by atoms with Gasteiger partial charge < -0.3 is 23.8 Å². The minimum Gasteiger partial charge on any atom is -0.465 e. The molecule has 1 amide bonds. The second-order valence-corrected chi connectivity index (χ2v) is 9.65. The van der Waals surface area contributed by atoms with Crippen LogP contribution in [0.15, 0.2) is 30.3 Å². The van der Waals surface area contributed by atoms with Crippen molar-refractivity contribution in [2.45, 2.75) is 82.1 Å². The summed E-state index contributed by atoms with van der Waals surface area (Å²) in [5.74, 6) is 4.14. The van der Waals surface area contributed by atoms with Crippen LogP contribution in [0.1, 0.15) is 38.7 Å². The third-order valence-electron chi connectivity index (χ3n) is 7.17. The zero-order valence-corrected chi connectivity index (χ0v) is 21.4. The lowest BCUT2D eigenvalue weighted by Crippen LogP contribution is -2.54. The van der Waals surface area contributed by atoms with E-state index in [-0.39, 0.29) is 31.8 Å². The lowest BCUT2D eigenvalue weighted by molar-refractivity contribution is -0.162. The number of rotatable bonds is 11. The third-order valence-corrected chi connectivity index (χ3v) is 7.17. The lowest BCUT2D eigenvalue weighted by Gasteiger charge is -2.29. The summed E-state index contributed by atoms with van der Waals surface area (Å²) < 4.78 is 22.3. The number of aryl methyl sites for hydroxylation is 1. The van der Waals surface area contributed by atoms with Gasteiger partial charge in [-0.2, -0.15) is 0 Å². The van der Waals surface area contributed by atoms with Gasteiger partial charge in [0.25, 0.3) is 0 Å². The van der Waals surface area contributed by atoms with Crippen LogP contribution in [0.4, 0.5) is 0 Å². The van der Waals surface area contributed by atoms with Crippen LogP contribution in [-0.4, -0.2) is 91.7 Å². The molecule has 0 aliphatic carbocycles. The second kappa shape index (κ2) is 12.8. The van der Waals surface area contributed by atoms with E-state index in [9.17, 15) is 14.4 Å².